The van der Waals surface area contributed by atoms with Crippen molar-refractivity contribution in [1.82, 2.24) is 0 Å². The van der Waals surface area contributed by atoms with Gasteiger partial charge in [0.25, 0.3) is 0 Å². The number of rotatable bonds is 2. The summed E-state index contributed by atoms with van der Waals surface area (Å²) in [4.78, 5) is 11.2. The molecule has 2 atom stereocenters. The van der Waals surface area contributed by atoms with E-state index in [9.17, 15) is 4.79 Å². The molecule has 17 heavy (non-hydrogen) atoms. The summed E-state index contributed by atoms with van der Waals surface area (Å²) < 4.78 is 10.4. The van der Waals surface area contributed by atoms with Crippen molar-refractivity contribution in [3.05, 3.63) is 34.9 Å². The van der Waals surface area contributed by atoms with Gasteiger partial charge in [-0.2, -0.15) is 0 Å². The Hall–Kier alpha value is -0.870. The molecule has 0 aromatic heterocycles. The minimum absolute atomic E-state index is 0.0275. The molecule has 0 saturated carbocycles. The summed E-state index contributed by atoms with van der Waals surface area (Å²) in [7, 11) is 1.39. The van der Waals surface area contributed by atoms with Crippen LogP contribution in [0.25, 0.3) is 0 Å². The highest BCUT2D eigenvalue weighted by atomic mass is 79.9. The molecule has 1 aliphatic heterocycles. The van der Waals surface area contributed by atoms with Crippen molar-refractivity contribution in [3.8, 4) is 0 Å². The van der Waals surface area contributed by atoms with Gasteiger partial charge in [0.05, 0.1) is 19.8 Å². The Labute approximate surface area is 109 Å². The molecule has 1 aromatic rings. The Morgan fingerprint density at radius 3 is 3.06 bits per heavy atom. The van der Waals surface area contributed by atoms with Gasteiger partial charge in [-0.05, 0) is 30.0 Å². The lowest BCUT2D eigenvalue weighted by molar-refractivity contribution is -0.139. The van der Waals surface area contributed by atoms with E-state index in [0.29, 0.717) is 0 Å². The average molecular weight is 299 g/mol. The van der Waals surface area contributed by atoms with Crippen molar-refractivity contribution in [1.29, 1.82) is 0 Å². The van der Waals surface area contributed by atoms with Crippen LogP contribution in [0.1, 0.15) is 34.5 Å². The van der Waals surface area contributed by atoms with Gasteiger partial charge in [-0.3, -0.25) is 4.79 Å². The molecule has 1 aromatic carbocycles. The number of esters is 1. The highest BCUT2D eigenvalue weighted by molar-refractivity contribution is 9.09. The Kier molecular flexibility index (Phi) is 3.84. The summed E-state index contributed by atoms with van der Waals surface area (Å²) >= 11 is 3.39. The first-order chi connectivity index (χ1) is 8.15. The van der Waals surface area contributed by atoms with Crippen molar-refractivity contribution >= 4 is 21.9 Å². The van der Waals surface area contributed by atoms with Gasteiger partial charge < -0.3 is 9.47 Å². The molecule has 4 heteroatoms. The van der Waals surface area contributed by atoms with Crippen LogP contribution in [0.5, 0.6) is 0 Å². The van der Waals surface area contributed by atoms with Crippen molar-refractivity contribution in [3.63, 3.8) is 0 Å². The third-order valence-electron chi connectivity index (χ3n) is 3.06. The Morgan fingerprint density at radius 2 is 2.35 bits per heavy atom. The van der Waals surface area contributed by atoms with Crippen LogP contribution in [0.15, 0.2) is 18.2 Å². The highest BCUT2D eigenvalue weighted by Crippen LogP contribution is 2.36. The fraction of sp³-hybridized carbons (Fsp3) is 0.462. The summed E-state index contributed by atoms with van der Waals surface area (Å²) in [5.41, 5.74) is 3.32. The number of hydrogen-bond acceptors (Lipinski definition) is 3. The summed E-state index contributed by atoms with van der Waals surface area (Å²) in [6, 6.07) is 6.01. The maximum atomic E-state index is 11.6. The lowest BCUT2D eigenvalue weighted by Gasteiger charge is -2.26. The lowest BCUT2D eigenvalue weighted by Crippen LogP contribution is -2.19. The zero-order valence-corrected chi connectivity index (χ0v) is 11.5. The van der Waals surface area contributed by atoms with Gasteiger partial charge in [-0.15, -0.1) is 0 Å². The van der Waals surface area contributed by atoms with E-state index in [4.69, 9.17) is 9.47 Å². The molecule has 0 fully saturated rings. The molecule has 0 N–H and O–H groups in total. The summed E-state index contributed by atoms with van der Waals surface area (Å²) in [6.07, 6.45) is 0.925. The Morgan fingerprint density at radius 1 is 1.59 bits per heavy atom. The molecule has 1 heterocycles. The Bertz CT molecular complexity index is 431. The Balaban J connectivity index is 2.44. The molecule has 0 bridgehead atoms. The number of benzene rings is 1. The second kappa shape index (κ2) is 5.19. The third-order valence-corrected chi connectivity index (χ3v) is 3.92. The first-order valence-corrected chi connectivity index (χ1v) is 6.52. The molecular weight excluding hydrogens is 284 g/mol. The SMILES string of the molecule is COC(=O)C(Br)c1cccc2c1[C@@H](C)OCC2. The van der Waals surface area contributed by atoms with Crippen LogP contribution < -0.4 is 0 Å². The van der Waals surface area contributed by atoms with Crippen LogP contribution in [-0.2, 0) is 20.7 Å². The van der Waals surface area contributed by atoms with Gasteiger partial charge in [0.15, 0.2) is 0 Å². The number of ether oxygens (including phenoxy) is 2. The van der Waals surface area contributed by atoms with Gasteiger partial charge in [0, 0.05) is 0 Å². The molecule has 0 aliphatic carbocycles. The third kappa shape index (κ3) is 2.38. The highest BCUT2D eigenvalue weighted by Gasteiger charge is 2.27. The summed E-state index contributed by atoms with van der Waals surface area (Å²) in [5, 5.41) is 0. The van der Waals surface area contributed by atoms with Gasteiger partial charge in [0.1, 0.15) is 4.83 Å². The van der Waals surface area contributed by atoms with Crippen LogP contribution in [0.4, 0.5) is 0 Å². The predicted octanol–water partition coefficient (Wildman–Crippen LogP) is 2.93. The van der Waals surface area contributed by atoms with E-state index < -0.39 is 4.83 Å². The molecule has 0 saturated heterocycles. The van der Waals surface area contributed by atoms with E-state index in [2.05, 4.69) is 22.0 Å². The van der Waals surface area contributed by atoms with Crippen LogP contribution in [0.2, 0.25) is 0 Å². The number of carbonyl (C=O) groups is 1. The van der Waals surface area contributed by atoms with E-state index in [1.54, 1.807) is 0 Å². The molecule has 1 aliphatic rings. The predicted molar refractivity (Wildman–Crippen MR) is 68.2 cm³/mol. The average Bonchev–Trinajstić information content (AvgIpc) is 2.36. The fourth-order valence-corrected chi connectivity index (χ4v) is 2.81. The first-order valence-electron chi connectivity index (χ1n) is 5.60. The van der Waals surface area contributed by atoms with Crippen molar-refractivity contribution in [2.24, 2.45) is 0 Å². The molecule has 92 valence electrons. The summed E-state index contributed by atoms with van der Waals surface area (Å²) in [5.74, 6) is -0.281. The van der Waals surface area contributed by atoms with Gasteiger partial charge >= 0.3 is 5.97 Å². The molecule has 2 rings (SSSR count). The number of alkyl halides is 1. The van der Waals surface area contributed by atoms with E-state index >= 15 is 0 Å². The van der Waals surface area contributed by atoms with Crippen molar-refractivity contribution in [2.45, 2.75) is 24.3 Å². The minimum Gasteiger partial charge on any atom is -0.468 e. The second-order valence-electron chi connectivity index (χ2n) is 4.07. The van der Waals surface area contributed by atoms with Crippen LogP contribution in [-0.4, -0.2) is 19.7 Å². The van der Waals surface area contributed by atoms with Crippen molar-refractivity contribution in [2.75, 3.05) is 13.7 Å². The quantitative estimate of drug-likeness (QED) is 0.622. The second-order valence-corrected chi connectivity index (χ2v) is 4.98. The maximum absolute atomic E-state index is 11.6. The minimum atomic E-state index is -0.424. The van der Waals surface area contributed by atoms with Crippen molar-refractivity contribution < 1.29 is 14.3 Å². The number of methoxy groups -OCH3 is 1. The number of carbonyl (C=O) groups excluding carboxylic acids is 1. The van der Waals surface area contributed by atoms with E-state index in [1.807, 2.05) is 19.1 Å². The zero-order chi connectivity index (χ0) is 12.4. The maximum Gasteiger partial charge on any atom is 0.324 e. The van der Waals surface area contributed by atoms with Crippen LogP contribution in [0, 0.1) is 0 Å². The molecule has 3 nitrogen and oxygen atoms in total. The molecular formula is C13H15BrO3. The van der Waals surface area contributed by atoms with Crippen LogP contribution >= 0.6 is 15.9 Å². The normalized spacial score (nSPS) is 20.5. The fourth-order valence-electron chi connectivity index (χ4n) is 2.23. The molecule has 1 unspecified atom stereocenters. The number of fused-ring (bicyclic) bond motifs is 1. The standard InChI is InChI=1S/C13H15BrO3/c1-8-11-9(6-7-17-8)4-3-5-10(11)12(14)13(15)16-2/h3-5,8,12H,6-7H2,1-2H3/t8-,12?/m1/s1. The monoisotopic (exact) mass is 298 g/mol. The lowest BCUT2D eigenvalue weighted by atomic mass is 9.92. The largest absolute Gasteiger partial charge is 0.468 e. The van der Waals surface area contributed by atoms with Gasteiger partial charge in [-0.1, -0.05) is 34.1 Å². The summed E-state index contributed by atoms with van der Waals surface area (Å²) in [6.45, 7) is 2.75. The van der Waals surface area contributed by atoms with Crippen LogP contribution in [0.3, 0.4) is 0 Å². The topological polar surface area (TPSA) is 35.5 Å². The van der Waals surface area contributed by atoms with E-state index in [1.165, 1.54) is 12.7 Å². The number of hydrogen-bond donors (Lipinski definition) is 0. The van der Waals surface area contributed by atoms with Gasteiger partial charge in [-0.25, -0.2) is 0 Å². The van der Waals surface area contributed by atoms with E-state index in [0.717, 1.165) is 24.2 Å². The smallest absolute Gasteiger partial charge is 0.324 e. The molecule has 0 radical (unpaired) electrons. The number of halogens is 1. The zero-order valence-electron chi connectivity index (χ0n) is 9.90. The molecule has 0 spiro atoms. The van der Waals surface area contributed by atoms with Gasteiger partial charge in [0.2, 0.25) is 0 Å². The first kappa shape index (κ1) is 12.6. The molecule has 0 amide bonds. The van der Waals surface area contributed by atoms with E-state index in [-0.39, 0.29) is 12.1 Å².